The van der Waals surface area contributed by atoms with Crippen LogP contribution in [-0.4, -0.2) is 25.9 Å². The fourth-order valence-corrected chi connectivity index (χ4v) is 4.49. The van der Waals surface area contributed by atoms with Gasteiger partial charge >= 0.3 is 12.1 Å². The van der Waals surface area contributed by atoms with Crippen molar-refractivity contribution in [1.82, 2.24) is 4.57 Å². The number of hydrogen-bond donors (Lipinski definition) is 3. The maximum Gasteiger partial charge on any atom is 0.416 e. The summed E-state index contributed by atoms with van der Waals surface area (Å²) >= 11 is 0. The molecule has 5 rings (SSSR count). The predicted molar refractivity (Wildman–Crippen MR) is 144 cm³/mol. The minimum atomic E-state index is -4.85. The molecule has 0 radical (unpaired) electrons. The molecule has 0 spiro atoms. The van der Waals surface area contributed by atoms with Crippen LogP contribution in [-0.2, 0) is 6.18 Å². The highest BCUT2D eigenvalue weighted by Crippen LogP contribution is 2.46. The number of alkyl halides is 3. The van der Waals surface area contributed by atoms with E-state index in [4.69, 9.17) is 0 Å². The molecule has 0 aliphatic carbocycles. The zero-order chi connectivity index (χ0) is 29.6. The molecule has 0 unspecified atom stereocenters. The minimum absolute atomic E-state index is 0.00768. The lowest BCUT2D eigenvalue weighted by atomic mass is 10.0. The molecule has 41 heavy (non-hydrogen) atoms. The van der Waals surface area contributed by atoms with E-state index in [0.717, 1.165) is 21.8 Å². The smallest absolute Gasteiger partial charge is 0.416 e. The normalized spacial score (nSPS) is 12.0. The second-order valence-electron chi connectivity index (χ2n) is 9.39. The van der Waals surface area contributed by atoms with E-state index in [0.29, 0.717) is 11.6 Å². The molecule has 0 saturated heterocycles. The first-order chi connectivity index (χ1) is 19.4. The lowest BCUT2D eigenvalue weighted by molar-refractivity contribution is -0.137. The van der Waals surface area contributed by atoms with Crippen LogP contribution in [0.15, 0.2) is 83.0 Å². The van der Waals surface area contributed by atoms with E-state index < -0.39 is 40.5 Å². The Balaban J connectivity index is 1.69. The van der Waals surface area contributed by atoms with Crippen LogP contribution < -0.4 is 0 Å². The van der Waals surface area contributed by atoms with Crippen molar-refractivity contribution in [3.63, 3.8) is 0 Å². The molecule has 0 saturated carbocycles. The van der Waals surface area contributed by atoms with Gasteiger partial charge in [0.25, 0.3) is 0 Å². The number of aromatic carboxylic acids is 1. The van der Waals surface area contributed by atoms with Crippen LogP contribution in [0.2, 0.25) is 0 Å². The zero-order valence-electron chi connectivity index (χ0n) is 21.5. The second kappa shape index (κ2) is 10.1. The quantitative estimate of drug-likeness (QED) is 0.147. The molecule has 11 heteroatoms. The van der Waals surface area contributed by atoms with Gasteiger partial charge in [0, 0.05) is 11.3 Å². The van der Waals surface area contributed by atoms with E-state index in [1.54, 1.807) is 31.2 Å². The van der Waals surface area contributed by atoms with Gasteiger partial charge in [-0.05, 0) is 73.0 Å². The molecule has 0 amide bonds. The van der Waals surface area contributed by atoms with Gasteiger partial charge in [-0.25, -0.2) is 9.18 Å². The Kier molecular flexibility index (Phi) is 6.74. The summed E-state index contributed by atoms with van der Waals surface area (Å²) in [5.41, 5.74) is 0.476. The molecule has 0 aliphatic heterocycles. The number of nitrogens with zero attached hydrogens (tertiary/aromatic N) is 3. The van der Waals surface area contributed by atoms with E-state index in [9.17, 15) is 33.3 Å². The molecule has 7 nitrogen and oxygen atoms in total. The molecule has 4 aromatic carbocycles. The number of aromatic hydroxyl groups is 2. The Morgan fingerprint density at radius 2 is 1.61 bits per heavy atom. The minimum Gasteiger partial charge on any atom is -0.505 e. The fraction of sp³-hybridized carbons (Fsp3) is 0.100. The number of aryl methyl sites for hydroxylation is 2. The summed E-state index contributed by atoms with van der Waals surface area (Å²) in [6, 6.07) is 16.2. The summed E-state index contributed by atoms with van der Waals surface area (Å²) in [7, 11) is 0. The highest BCUT2D eigenvalue weighted by molar-refractivity contribution is 5.97. The van der Waals surface area contributed by atoms with E-state index in [1.807, 2.05) is 6.92 Å². The first-order valence-corrected chi connectivity index (χ1v) is 12.2. The average molecular weight is 564 g/mol. The summed E-state index contributed by atoms with van der Waals surface area (Å²) in [6.07, 6.45) is -4.85. The number of phenolic OH excluding ortho intramolecular Hbond substituents is 1. The maximum absolute atomic E-state index is 15.3. The number of azo groups is 1. The third-order valence-corrected chi connectivity index (χ3v) is 6.74. The number of carboxylic acids is 1. The summed E-state index contributed by atoms with van der Waals surface area (Å²) in [5, 5.41) is 38.9. The monoisotopic (exact) mass is 563 g/mol. The van der Waals surface area contributed by atoms with Gasteiger partial charge in [-0.15, -0.1) is 10.2 Å². The van der Waals surface area contributed by atoms with Crippen LogP contribution in [0.3, 0.4) is 0 Å². The molecule has 1 heterocycles. The zero-order valence-corrected chi connectivity index (χ0v) is 21.5. The van der Waals surface area contributed by atoms with Gasteiger partial charge in [0.1, 0.15) is 11.5 Å². The van der Waals surface area contributed by atoms with Crippen molar-refractivity contribution in [2.45, 2.75) is 20.0 Å². The number of carbonyl (C=O) groups is 1. The predicted octanol–water partition coefficient (Wildman–Crippen LogP) is 8.60. The topological polar surface area (TPSA) is 107 Å². The molecular weight excluding hydrogens is 542 g/mol. The molecule has 3 N–H and O–H groups in total. The van der Waals surface area contributed by atoms with Crippen LogP contribution in [0.4, 0.5) is 28.9 Å². The van der Waals surface area contributed by atoms with E-state index in [1.165, 1.54) is 36.4 Å². The number of phenols is 1. The van der Waals surface area contributed by atoms with E-state index in [-0.39, 0.29) is 33.8 Å². The van der Waals surface area contributed by atoms with Gasteiger partial charge in [0.05, 0.1) is 22.0 Å². The third-order valence-electron chi connectivity index (χ3n) is 6.74. The molecular formula is C30H21F4N3O4. The Bertz CT molecular complexity index is 1880. The van der Waals surface area contributed by atoms with Crippen molar-refractivity contribution >= 4 is 28.2 Å². The second-order valence-corrected chi connectivity index (χ2v) is 9.39. The first-order valence-electron chi connectivity index (χ1n) is 12.2. The maximum atomic E-state index is 15.3. The van der Waals surface area contributed by atoms with Gasteiger partial charge in [-0.1, -0.05) is 30.3 Å². The van der Waals surface area contributed by atoms with Gasteiger partial charge in [-0.3, -0.25) is 4.57 Å². The Hall–Kier alpha value is -5.19. The van der Waals surface area contributed by atoms with Gasteiger partial charge < -0.3 is 15.3 Å². The number of hydrogen-bond acceptors (Lipinski definition) is 5. The SMILES string of the molecule is Cc1ccc(-n2c(O)c(N=Nc3cccc(-c4cccc(C(=O)O)c4)c3O)c3c(F)cc(C(F)(F)F)cc32)cc1C. The van der Waals surface area contributed by atoms with Crippen molar-refractivity contribution in [1.29, 1.82) is 0 Å². The highest BCUT2D eigenvalue weighted by Gasteiger charge is 2.34. The summed E-state index contributed by atoms with van der Waals surface area (Å²) in [5.74, 6) is -3.47. The number of aromatic nitrogens is 1. The lowest BCUT2D eigenvalue weighted by Crippen LogP contribution is -2.06. The number of fused-ring (bicyclic) bond motifs is 1. The van der Waals surface area contributed by atoms with Crippen molar-refractivity contribution < 1.29 is 37.7 Å². The van der Waals surface area contributed by atoms with Crippen LogP contribution in [0.5, 0.6) is 11.6 Å². The Labute approximate surface area is 230 Å². The molecule has 0 aliphatic rings. The van der Waals surface area contributed by atoms with E-state index >= 15 is 4.39 Å². The largest absolute Gasteiger partial charge is 0.505 e. The standard InChI is InChI=1S/C30H21F4N3O4/c1-15-9-10-20(11-16(15)2)37-24-14-19(30(32,33)34)13-22(31)25(24)26(28(37)39)36-35-23-8-4-7-21(27(23)38)17-5-3-6-18(12-17)29(40)41/h3-14,38-39H,1-2H3,(H,40,41). The molecule has 5 aromatic rings. The summed E-state index contributed by atoms with van der Waals surface area (Å²) < 4.78 is 57.0. The van der Waals surface area contributed by atoms with E-state index in [2.05, 4.69) is 10.2 Å². The number of halogens is 4. The first kappa shape index (κ1) is 27.4. The molecule has 0 fully saturated rings. The number of carboxylic acid groups (broad SMARTS) is 1. The van der Waals surface area contributed by atoms with Crippen molar-refractivity contribution in [2.24, 2.45) is 10.2 Å². The molecule has 0 bridgehead atoms. The van der Waals surface area contributed by atoms with Crippen molar-refractivity contribution in [3.8, 4) is 28.4 Å². The Morgan fingerprint density at radius 1 is 0.878 bits per heavy atom. The van der Waals surface area contributed by atoms with Gasteiger partial charge in [0.15, 0.2) is 11.4 Å². The summed E-state index contributed by atoms with van der Waals surface area (Å²) in [6.45, 7) is 3.62. The van der Waals surface area contributed by atoms with Crippen LogP contribution >= 0.6 is 0 Å². The number of rotatable bonds is 5. The van der Waals surface area contributed by atoms with Crippen LogP contribution in [0.1, 0.15) is 27.0 Å². The van der Waals surface area contributed by atoms with Crippen molar-refractivity contribution in [2.75, 3.05) is 0 Å². The summed E-state index contributed by atoms with van der Waals surface area (Å²) in [4.78, 5) is 11.4. The van der Waals surface area contributed by atoms with Crippen LogP contribution in [0, 0.1) is 19.7 Å². The number of para-hydroxylation sites is 1. The van der Waals surface area contributed by atoms with Gasteiger partial charge in [-0.2, -0.15) is 13.2 Å². The number of benzene rings is 4. The average Bonchev–Trinajstić information content (AvgIpc) is 3.20. The lowest BCUT2D eigenvalue weighted by Gasteiger charge is -2.11. The molecule has 208 valence electrons. The van der Waals surface area contributed by atoms with Gasteiger partial charge in [0.2, 0.25) is 5.88 Å². The molecule has 1 aromatic heterocycles. The third kappa shape index (κ3) is 4.97. The Morgan fingerprint density at radius 3 is 2.29 bits per heavy atom. The van der Waals surface area contributed by atoms with Crippen molar-refractivity contribution in [3.05, 3.63) is 101 Å². The highest BCUT2D eigenvalue weighted by atomic mass is 19.4. The fourth-order valence-electron chi connectivity index (χ4n) is 4.49. The van der Waals surface area contributed by atoms with Crippen LogP contribution in [0.25, 0.3) is 27.7 Å². The molecule has 0 atom stereocenters.